The molecule has 0 fully saturated rings. The van der Waals surface area contributed by atoms with Crippen LogP contribution in [0.3, 0.4) is 0 Å². The van der Waals surface area contributed by atoms with Gasteiger partial charge in [-0.3, -0.25) is 10.7 Å². The number of carbonyl (C=O) groups is 1. The van der Waals surface area contributed by atoms with E-state index in [1.54, 1.807) is 18.2 Å². The second-order valence-electron chi connectivity index (χ2n) is 4.86. The van der Waals surface area contributed by atoms with Crippen LogP contribution < -0.4 is 10.2 Å². The highest BCUT2D eigenvalue weighted by Crippen LogP contribution is 2.36. The van der Waals surface area contributed by atoms with Crippen LogP contribution in [0.2, 0.25) is 0 Å². The normalized spacial score (nSPS) is 12.3. The first kappa shape index (κ1) is 14.1. The van der Waals surface area contributed by atoms with Crippen LogP contribution in [-0.4, -0.2) is 27.4 Å². The van der Waals surface area contributed by atoms with E-state index in [1.165, 1.54) is 6.92 Å². The molecule has 1 atom stereocenters. The molecule has 22 heavy (non-hydrogen) atoms. The summed E-state index contributed by atoms with van der Waals surface area (Å²) in [6, 6.07) is 12.5. The summed E-state index contributed by atoms with van der Waals surface area (Å²) in [6.07, 6.45) is -1.01. The zero-order valence-electron chi connectivity index (χ0n) is 11.8. The molecule has 0 saturated heterocycles. The largest absolute Gasteiger partial charge is 0.479 e. The number of aliphatic carboxylic acids is 1. The van der Waals surface area contributed by atoms with Crippen molar-refractivity contribution in [2.24, 2.45) is 0 Å². The van der Waals surface area contributed by atoms with Gasteiger partial charge >= 0.3 is 5.97 Å². The Morgan fingerprint density at radius 2 is 1.91 bits per heavy atom. The third-order valence-corrected chi connectivity index (χ3v) is 3.43. The highest BCUT2D eigenvalue weighted by Gasteiger charge is 2.17. The molecule has 0 bridgehead atoms. The smallest absolute Gasteiger partial charge is 0.344 e. The summed E-state index contributed by atoms with van der Waals surface area (Å²) in [7, 11) is 0. The number of anilines is 1. The molecule has 0 aliphatic heterocycles. The van der Waals surface area contributed by atoms with E-state index >= 15 is 0 Å². The van der Waals surface area contributed by atoms with Crippen molar-refractivity contribution in [3.63, 3.8) is 0 Å². The number of carboxylic acid groups (broad SMARTS) is 1. The van der Waals surface area contributed by atoms with E-state index < -0.39 is 12.1 Å². The lowest BCUT2D eigenvalue weighted by molar-refractivity contribution is -0.144. The van der Waals surface area contributed by atoms with E-state index in [0.717, 1.165) is 10.9 Å². The van der Waals surface area contributed by atoms with Crippen molar-refractivity contribution in [2.75, 3.05) is 5.48 Å². The maximum absolute atomic E-state index is 11.0. The van der Waals surface area contributed by atoms with Crippen LogP contribution in [0.15, 0.2) is 42.5 Å². The van der Waals surface area contributed by atoms with Crippen LogP contribution >= 0.6 is 0 Å². The van der Waals surface area contributed by atoms with Gasteiger partial charge in [0.1, 0.15) is 5.75 Å². The summed E-state index contributed by atoms with van der Waals surface area (Å²) in [5.74, 6) is -0.716. The molecule has 0 amide bonds. The van der Waals surface area contributed by atoms with Crippen molar-refractivity contribution in [3.05, 3.63) is 42.5 Å². The minimum absolute atomic E-state index is 0.349. The first-order valence-electron chi connectivity index (χ1n) is 6.73. The fourth-order valence-corrected chi connectivity index (χ4v) is 2.37. The molecule has 112 valence electrons. The van der Waals surface area contributed by atoms with Crippen LogP contribution in [0.25, 0.3) is 21.8 Å². The summed E-state index contributed by atoms with van der Waals surface area (Å²) in [5, 5.41) is 19.8. The van der Waals surface area contributed by atoms with Gasteiger partial charge in [-0.2, -0.15) is 0 Å². The molecule has 2 aromatic carbocycles. The quantitative estimate of drug-likeness (QED) is 0.506. The average molecular weight is 298 g/mol. The highest BCUT2D eigenvalue weighted by atomic mass is 16.5. The number of ether oxygens (including phenoxy) is 1. The van der Waals surface area contributed by atoms with Crippen LogP contribution in [0.1, 0.15) is 6.92 Å². The summed E-state index contributed by atoms with van der Waals surface area (Å²) in [5.41, 5.74) is 3.95. The Balaban J connectivity index is 2.30. The van der Waals surface area contributed by atoms with E-state index in [-0.39, 0.29) is 0 Å². The Labute approximate surface area is 125 Å². The second-order valence-corrected chi connectivity index (χ2v) is 4.86. The molecule has 0 aliphatic carbocycles. The van der Waals surface area contributed by atoms with Gasteiger partial charge < -0.3 is 9.84 Å². The number of hydrogen-bond donors (Lipinski definition) is 3. The molecule has 0 saturated carbocycles. The zero-order chi connectivity index (χ0) is 15.7. The lowest BCUT2D eigenvalue weighted by atomic mass is 10.1. The Kier molecular flexibility index (Phi) is 3.52. The van der Waals surface area contributed by atoms with Crippen LogP contribution in [0.5, 0.6) is 5.75 Å². The first-order valence-corrected chi connectivity index (χ1v) is 6.73. The highest BCUT2D eigenvalue weighted by molar-refractivity contribution is 6.09. The van der Waals surface area contributed by atoms with Gasteiger partial charge in [0.15, 0.2) is 6.10 Å². The van der Waals surface area contributed by atoms with Crippen molar-refractivity contribution in [1.29, 1.82) is 0 Å². The van der Waals surface area contributed by atoms with E-state index in [2.05, 4.69) is 10.5 Å². The molecule has 1 heterocycles. The molecule has 6 nitrogen and oxygen atoms in total. The van der Waals surface area contributed by atoms with E-state index in [9.17, 15) is 10.0 Å². The molecular weight excluding hydrogens is 284 g/mol. The third-order valence-electron chi connectivity index (χ3n) is 3.43. The standard InChI is InChI=1S/C16H14N2O4/c1-9(16(19)20)22-13-8-4-7-12-14(13)15(18-21)10-5-2-3-6-11(10)17-12/h2-9,21H,1H3,(H,17,18)(H,19,20). The number of benzene rings is 2. The first-order chi connectivity index (χ1) is 10.6. The van der Waals surface area contributed by atoms with Gasteiger partial charge in [-0.15, -0.1) is 0 Å². The fraction of sp³-hybridized carbons (Fsp3) is 0.125. The number of pyridine rings is 1. The number of aromatic nitrogens is 1. The van der Waals surface area contributed by atoms with Crippen LogP contribution in [-0.2, 0) is 4.79 Å². The van der Waals surface area contributed by atoms with Crippen LogP contribution in [0, 0.1) is 0 Å². The lowest BCUT2D eigenvalue weighted by Gasteiger charge is -2.16. The van der Waals surface area contributed by atoms with E-state index in [1.807, 2.05) is 24.3 Å². The van der Waals surface area contributed by atoms with Crippen molar-refractivity contribution in [3.8, 4) is 5.75 Å². The van der Waals surface area contributed by atoms with Gasteiger partial charge in [0.25, 0.3) is 0 Å². The number of nitrogens with zero attached hydrogens (tertiary/aromatic N) is 1. The second kappa shape index (κ2) is 5.50. The SMILES string of the molecule is CC(Oc1cccc2nc3ccccc3c(NO)c12)C(=O)O. The molecule has 3 N–H and O–H groups in total. The number of nitrogens with one attached hydrogen (secondary N) is 1. The predicted molar refractivity (Wildman–Crippen MR) is 82.4 cm³/mol. The zero-order valence-corrected chi connectivity index (χ0v) is 11.8. The molecule has 3 aromatic rings. The van der Waals surface area contributed by atoms with Gasteiger partial charge in [0, 0.05) is 5.39 Å². The number of rotatable bonds is 4. The van der Waals surface area contributed by atoms with Crippen molar-refractivity contribution in [2.45, 2.75) is 13.0 Å². The maximum Gasteiger partial charge on any atom is 0.344 e. The number of carboxylic acids is 1. The Hall–Kier alpha value is -2.86. The minimum Gasteiger partial charge on any atom is -0.479 e. The molecule has 0 radical (unpaired) electrons. The maximum atomic E-state index is 11.0. The van der Waals surface area contributed by atoms with Gasteiger partial charge in [-0.25, -0.2) is 9.78 Å². The number of para-hydroxylation sites is 1. The Morgan fingerprint density at radius 1 is 1.18 bits per heavy atom. The Bertz CT molecular complexity index is 863. The Morgan fingerprint density at radius 3 is 2.64 bits per heavy atom. The molecule has 0 aliphatic rings. The molecule has 1 aromatic heterocycles. The molecule has 6 heteroatoms. The average Bonchev–Trinajstić information content (AvgIpc) is 2.52. The van der Waals surface area contributed by atoms with E-state index in [0.29, 0.717) is 22.3 Å². The summed E-state index contributed by atoms with van der Waals surface area (Å²) in [6.45, 7) is 1.45. The van der Waals surface area contributed by atoms with Gasteiger partial charge in [0.2, 0.25) is 0 Å². The minimum atomic E-state index is -1.07. The molecule has 0 spiro atoms. The van der Waals surface area contributed by atoms with Crippen molar-refractivity contribution >= 4 is 33.5 Å². The fourth-order valence-electron chi connectivity index (χ4n) is 2.37. The van der Waals surface area contributed by atoms with Gasteiger partial charge in [-0.05, 0) is 25.1 Å². The predicted octanol–water partition coefficient (Wildman–Crippen LogP) is 3.04. The summed E-state index contributed by atoms with van der Waals surface area (Å²) < 4.78 is 5.49. The summed E-state index contributed by atoms with van der Waals surface area (Å²) in [4.78, 5) is 15.5. The lowest BCUT2D eigenvalue weighted by Crippen LogP contribution is -2.23. The van der Waals surface area contributed by atoms with Crippen LogP contribution in [0.4, 0.5) is 5.69 Å². The van der Waals surface area contributed by atoms with E-state index in [4.69, 9.17) is 9.84 Å². The topological polar surface area (TPSA) is 91.7 Å². The van der Waals surface area contributed by atoms with Crippen molar-refractivity contribution in [1.82, 2.24) is 4.98 Å². The van der Waals surface area contributed by atoms with Gasteiger partial charge in [-0.1, -0.05) is 24.3 Å². The third kappa shape index (κ3) is 2.29. The summed E-state index contributed by atoms with van der Waals surface area (Å²) >= 11 is 0. The molecule has 1 unspecified atom stereocenters. The van der Waals surface area contributed by atoms with Gasteiger partial charge in [0.05, 0.1) is 22.1 Å². The number of fused-ring (bicyclic) bond motifs is 2. The monoisotopic (exact) mass is 298 g/mol. The molecule has 3 rings (SSSR count). The number of hydrogen-bond acceptors (Lipinski definition) is 5. The van der Waals surface area contributed by atoms with Crippen molar-refractivity contribution < 1.29 is 19.8 Å². The molecular formula is C16H14N2O4.